The Hall–Kier alpha value is -3.68. The van der Waals surface area contributed by atoms with Gasteiger partial charge in [0.2, 0.25) is 11.8 Å². The standard InChI is InChI=1S/C28H39N5O3/c1-5-22(13-10-12-20(2)3)21(4)31-26(35)17-9-8-16-25(34)29-18-11-19-30-27-23-14-6-7-15-24(23)28(36)33-32-27/h6-7,10,12-15,20H,4-5,8-9,11,16-19H2,1-3H3,(H,29,34)(H,30,32)(H,31,35)(H,33,36)/b12-10-,22-13-. The van der Waals surface area contributed by atoms with Gasteiger partial charge in [0.05, 0.1) is 5.39 Å². The number of carbonyl (C=O) groups excluding carboxylic acids is 2. The highest BCUT2D eigenvalue weighted by Gasteiger charge is 2.08. The third-order valence-corrected chi connectivity index (χ3v) is 5.57. The average Bonchev–Trinajstić information content (AvgIpc) is 2.85. The molecule has 36 heavy (non-hydrogen) atoms. The van der Waals surface area contributed by atoms with Crippen molar-refractivity contribution >= 4 is 28.4 Å². The Balaban J connectivity index is 1.60. The Morgan fingerprint density at radius 1 is 1.06 bits per heavy atom. The minimum absolute atomic E-state index is 0.0272. The lowest BCUT2D eigenvalue weighted by atomic mass is 10.1. The van der Waals surface area contributed by atoms with Gasteiger partial charge in [-0.1, -0.05) is 63.8 Å². The Kier molecular flexibility index (Phi) is 12.2. The van der Waals surface area contributed by atoms with E-state index < -0.39 is 0 Å². The molecular formula is C28H39N5O3. The number of hydrogen-bond donors (Lipinski definition) is 4. The topological polar surface area (TPSA) is 116 Å². The molecule has 0 bridgehead atoms. The number of H-pyrrole nitrogens is 1. The summed E-state index contributed by atoms with van der Waals surface area (Å²) in [5.41, 5.74) is 1.41. The van der Waals surface area contributed by atoms with Crippen molar-refractivity contribution in [2.24, 2.45) is 5.92 Å². The van der Waals surface area contributed by atoms with E-state index in [1.165, 1.54) is 0 Å². The zero-order valence-electron chi connectivity index (χ0n) is 21.7. The van der Waals surface area contributed by atoms with Gasteiger partial charge >= 0.3 is 0 Å². The van der Waals surface area contributed by atoms with Gasteiger partial charge in [-0.15, -0.1) is 0 Å². The molecule has 8 heteroatoms. The summed E-state index contributed by atoms with van der Waals surface area (Å²) in [6.45, 7) is 11.4. The minimum atomic E-state index is -0.220. The van der Waals surface area contributed by atoms with Crippen molar-refractivity contribution in [3.8, 4) is 0 Å². The van der Waals surface area contributed by atoms with E-state index in [1.807, 2.05) is 37.3 Å². The fourth-order valence-corrected chi connectivity index (χ4v) is 3.57. The number of anilines is 1. The Labute approximate surface area is 213 Å². The number of aromatic nitrogens is 2. The smallest absolute Gasteiger partial charge is 0.272 e. The molecule has 0 aliphatic carbocycles. The summed E-state index contributed by atoms with van der Waals surface area (Å²) < 4.78 is 0. The van der Waals surface area contributed by atoms with Crippen molar-refractivity contribution in [1.82, 2.24) is 20.8 Å². The molecule has 0 saturated carbocycles. The molecule has 194 valence electrons. The fourth-order valence-electron chi connectivity index (χ4n) is 3.57. The van der Waals surface area contributed by atoms with E-state index in [0.717, 1.165) is 17.4 Å². The highest BCUT2D eigenvalue weighted by Crippen LogP contribution is 2.16. The van der Waals surface area contributed by atoms with Crippen LogP contribution < -0.4 is 21.5 Å². The summed E-state index contributed by atoms with van der Waals surface area (Å²) >= 11 is 0. The van der Waals surface area contributed by atoms with E-state index in [-0.39, 0.29) is 17.4 Å². The quantitative estimate of drug-likeness (QED) is 0.214. The molecule has 0 spiro atoms. The van der Waals surface area contributed by atoms with Crippen LogP contribution in [-0.4, -0.2) is 35.1 Å². The summed E-state index contributed by atoms with van der Waals surface area (Å²) in [5, 5.41) is 16.9. The van der Waals surface area contributed by atoms with Gasteiger partial charge < -0.3 is 16.0 Å². The summed E-state index contributed by atoms with van der Waals surface area (Å²) in [6, 6.07) is 7.28. The molecule has 0 saturated heterocycles. The van der Waals surface area contributed by atoms with Crippen LogP contribution in [0.1, 0.15) is 59.3 Å². The molecule has 0 aliphatic heterocycles. The molecular weight excluding hydrogens is 454 g/mol. The number of nitrogens with one attached hydrogen (secondary N) is 4. The lowest BCUT2D eigenvalue weighted by Crippen LogP contribution is -2.26. The van der Waals surface area contributed by atoms with Crippen molar-refractivity contribution in [2.45, 2.75) is 59.3 Å². The summed E-state index contributed by atoms with van der Waals surface area (Å²) in [4.78, 5) is 36.1. The molecule has 0 fully saturated rings. The van der Waals surface area contributed by atoms with Crippen molar-refractivity contribution in [3.63, 3.8) is 0 Å². The van der Waals surface area contributed by atoms with E-state index in [4.69, 9.17) is 0 Å². The molecule has 0 atom stereocenters. The van der Waals surface area contributed by atoms with Crippen LogP contribution in [0.25, 0.3) is 10.8 Å². The molecule has 2 rings (SSSR count). The molecule has 1 aromatic heterocycles. The second-order valence-electron chi connectivity index (χ2n) is 8.99. The molecule has 1 heterocycles. The Morgan fingerprint density at radius 3 is 2.44 bits per heavy atom. The lowest BCUT2D eigenvalue weighted by Gasteiger charge is -2.11. The van der Waals surface area contributed by atoms with Crippen LogP contribution in [0.2, 0.25) is 0 Å². The van der Waals surface area contributed by atoms with Gasteiger partial charge in [0.1, 0.15) is 0 Å². The molecule has 4 N–H and O–H groups in total. The highest BCUT2D eigenvalue weighted by atomic mass is 16.2. The first-order valence-electron chi connectivity index (χ1n) is 12.7. The zero-order valence-corrected chi connectivity index (χ0v) is 21.7. The number of nitrogens with zero attached hydrogens (tertiary/aromatic N) is 1. The number of allylic oxidation sites excluding steroid dienone is 4. The van der Waals surface area contributed by atoms with Gasteiger partial charge in [0.15, 0.2) is 5.82 Å². The highest BCUT2D eigenvalue weighted by molar-refractivity contribution is 5.90. The van der Waals surface area contributed by atoms with Crippen molar-refractivity contribution in [3.05, 3.63) is 70.7 Å². The van der Waals surface area contributed by atoms with E-state index >= 15 is 0 Å². The first-order chi connectivity index (χ1) is 17.3. The number of hydrogen-bond acceptors (Lipinski definition) is 5. The number of aromatic amines is 1. The van der Waals surface area contributed by atoms with E-state index in [2.05, 4.69) is 52.7 Å². The summed E-state index contributed by atoms with van der Waals surface area (Å²) in [7, 11) is 0. The summed E-state index contributed by atoms with van der Waals surface area (Å²) in [5.74, 6) is 0.977. The van der Waals surface area contributed by atoms with Crippen LogP contribution in [-0.2, 0) is 9.59 Å². The number of amides is 2. The van der Waals surface area contributed by atoms with Gasteiger partial charge in [0.25, 0.3) is 5.56 Å². The second kappa shape index (κ2) is 15.3. The summed E-state index contributed by atoms with van der Waals surface area (Å²) in [6.07, 6.45) is 9.60. The minimum Gasteiger partial charge on any atom is -0.368 e. The van der Waals surface area contributed by atoms with Crippen LogP contribution in [0, 0.1) is 5.92 Å². The van der Waals surface area contributed by atoms with Crippen LogP contribution in [0.4, 0.5) is 5.82 Å². The van der Waals surface area contributed by atoms with Crippen LogP contribution in [0.3, 0.4) is 0 Å². The largest absolute Gasteiger partial charge is 0.368 e. The van der Waals surface area contributed by atoms with E-state index in [0.29, 0.717) is 68.0 Å². The van der Waals surface area contributed by atoms with Gasteiger partial charge in [-0.25, -0.2) is 5.10 Å². The molecule has 2 aromatic rings. The third kappa shape index (κ3) is 9.90. The normalized spacial score (nSPS) is 11.7. The van der Waals surface area contributed by atoms with E-state index in [9.17, 15) is 14.4 Å². The average molecular weight is 494 g/mol. The van der Waals surface area contributed by atoms with Crippen molar-refractivity contribution in [1.29, 1.82) is 0 Å². The number of unbranched alkanes of at least 4 members (excludes halogenated alkanes) is 1. The first kappa shape index (κ1) is 28.6. The second-order valence-corrected chi connectivity index (χ2v) is 8.99. The monoisotopic (exact) mass is 493 g/mol. The molecule has 2 amide bonds. The molecule has 0 aliphatic rings. The van der Waals surface area contributed by atoms with Crippen molar-refractivity contribution < 1.29 is 9.59 Å². The number of rotatable bonds is 15. The molecule has 8 nitrogen and oxygen atoms in total. The first-order valence-corrected chi connectivity index (χ1v) is 12.7. The van der Waals surface area contributed by atoms with Crippen molar-refractivity contribution in [2.75, 3.05) is 18.4 Å². The number of benzene rings is 1. The van der Waals surface area contributed by atoms with Gasteiger partial charge in [-0.2, -0.15) is 5.10 Å². The molecule has 1 aromatic carbocycles. The van der Waals surface area contributed by atoms with Crippen LogP contribution in [0.15, 0.2) is 65.1 Å². The maximum absolute atomic E-state index is 12.2. The predicted octanol–water partition coefficient (Wildman–Crippen LogP) is 4.58. The molecule has 0 unspecified atom stereocenters. The third-order valence-electron chi connectivity index (χ3n) is 5.57. The number of fused-ring (bicyclic) bond motifs is 1. The van der Waals surface area contributed by atoms with E-state index in [1.54, 1.807) is 6.07 Å². The SMILES string of the molecule is C=C(NC(=O)CCCCC(=O)NCCCNc1n[nH]c(=O)c2ccccc12)/C(=C\C=C/C(C)C)CC. The molecule has 0 radical (unpaired) electrons. The number of carbonyl (C=O) groups is 2. The Bertz CT molecular complexity index is 1150. The Morgan fingerprint density at radius 2 is 1.75 bits per heavy atom. The fraction of sp³-hybridized carbons (Fsp3) is 0.429. The van der Waals surface area contributed by atoms with Gasteiger partial charge in [0, 0.05) is 37.0 Å². The lowest BCUT2D eigenvalue weighted by molar-refractivity contribution is -0.122. The zero-order chi connectivity index (χ0) is 26.3. The van der Waals surface area contributed by atoms with Crippen LogP contribution in [0.5, 0.6) is 0 Å². The predicted molar refractivity (Wildman–Crippen MR) is 147 cm³/mol. The van der Waals surface area contributed by atoms with Gasteiger partial charge in [-0.05, 0) is 43.2 Å². The van der Waals surface area contributed by atoms with Crippen LogP contribution >= 0.6 is 0 Å². The van der Waals surface area contributed by atoms with Gasteiger partial charge in [-0.3, -0.25) is 14.4 Å². The maximum Gasteiger partial charge on any atom is 0.272 e. The maximum atomic E-state index is 12.2.